The van der Waals surface area contributed by atoms with Crippen LogP contribution < -0.4 is 5.32 Å². The molecule has 0 aliphatic rings. The van der Waals surface area contributed by atoms with Crippen LogP contribution in [0.4, 0.5) is 0 Å². The van der Waals surface area contributed by atoms with E-state index in [1.807, 2.05) is 51.2 Å². The largest absolute Gasteiger partial charge is 0.383 e. The van der Waals surface area contributed by atoms with E-state index in [1.54, 1.807) is 22.9 Å². The lowest BCUT2D eigenvalue weighted by Gasteiger charge is -2.22. The summed E-state index contributed by atoms with van der Waals surface area (Å²) in [6.07, 6.45) is 0. The van der Waals surface area contributed by atoms with Crippen LogP contribution in [0.25, 0.3) is 10.1 Å². The smallest absolute Gasteiger partial charge is 0.255 e. The van der Waals surface area contributed by atoms with Gasteiger partial charge in [0.15, 0.2) is 0 Å². The van der Waals surface area contributed by atoms with Crippen molar-refractivity contribution in [1.29, 1.82) is 0 Å². The molecule has 6 heteroatoms. The Kier molecular flexibility index (Phi) is 4.19. The van der Waals surface area contributed by atoms with E-state index in [0.717, 1.165) is 20.7 Å². The number of hydrogen-bond acceptors (Lipinski definition) is 4. The van der Waals surface area contributed by atoms with Gasteiger partial charge in [-0.2, -0.15) is 5.10 Å². The zero-order valence-corrected chi connectivity index (χ0v) is 15.1. The fraction of sp³-hybridized carbons (Fsp3) is 0.333. The average molecular weight is 343 g/mol. The highest BCUT2D eigenvalue weighted by molar-refractivity contribution is 7.19. The van der Waals surface area contributed by atoms with Crippen LogP contribution in [0, 0.1) is 13.8 Å². The van der Waals surface area contributed by atoms with Gasteiger partial charge >= 0.3 is 0 Å². The fourth-order valence-corrected chi connectivity index (χ4v) is 3.88. The fourth-order valence-electron chi connectivity index (χ4n) is 2.78. The van der Waals surface area contributed by atoms with E-state index >= 15 is 0 Å². The minimum atomic E-state index is -1.12. The van der Waals surface area contributed by atoms with Gasteiger partial charge in [0.1, 0.15) is 5.60 Å². The zero-order valence-electron chi connectivity index (χ0n) is 14.3. The van der Waals surface area contributed by atoms with E-state index in [0.29, 0.717) is 11.3 Å². The third kappa shape index (κ3) is 2.95. The first-order valence-electron chi connectivity index (χ1n) is 7.79. The lowest BCUT2D eigenvalue weighted by molar-refractivity contribution is 0.0557. The van der Waals surface area contributed by atoms with E-state index in [1.165, 1.54) is 0 Å². The molecule has 126 valence electrons. The van der Waals surface area contributed by atoms with Gasteiger partial charge in [0.25, 0.3) is 5.91 Å². The van der Waals surface area contributed by atoms with Crippen molar-refractivity contribution in [3.8, 4) is 0 Å². The maximum atomic E-state index is 12.5. The van der Waals surface area contributed by atoms with Crippen LogP contribution in [0.2, 0.25) is 0 Å². The Labute approximate surface area is 144 Å². The first-order chi connectivity index (χ1) is 11.3. The van der Waals surface area contributed by atoms with E-state index in [-0.39, 0.29) is 12.5 Å². The van der Waals surface area contributed by atoms with Gasteiger partial charge in [-0.15, -0.1) is 11.3 Å². The topological polar surface area (TPSA) is 67.2 Å². The van der Waals surface area contributed by atoms with Crippen LogP contribution in [-0.4, -0.2) is 27.3 Å². The summed E-state index contributed by atoms with van der Waals surface area (Å²) in [5, 5.41) is 19.0. The Morgan fingerprint density at radius 1 is 1.38 bits per heavy atom. The molecule has 3 rings (SSSR count). The number of aliphatic hydroxyl groups is 1. The molecule has 0 saturated heterocycles. The van der Waals surface area contributed by atoms with Crippen molar-refractivity contribution in [2.24, 2.45) is 7.05 Å². The summed E-state index contributed by atoms with van der Waals surface area (Å²) in [7, 11) is 1.81. The Morgan fingerprint density at radius 3 is 2.71 bits per heavy atom. The second kappa shape index (κ2) is 6.03. The molecule has 5 nitrogen and oxygen atoms in total. The maximum Gasteiger partial charge on any atom is 0.255 e. The predicted octanol–water partition coefficient (Wildman–Crippen LogP) is 2.89. The summed E-state index contributed by atoms with van der Waals surface area (Å²) in [5.41, 5.74) is 0.953. The van der Waals surface area contributed by atoms with Crippen molar-refractivity contribution in [2.75, 3.05) is 6.54 Å². The van der Waals surface area contributed by atoms with Gasteiger partial charge < -0.3 is 10.4 Å². The van der Waals surface area contributed by atoms with Crippen LogP contribution in [0.15, 0.2) is 30.3 Å². The summed E-state index contributed by atoms with van der Waals surface area (Å²) < 4.78 is 2.81. The van der Waals surface area contributed by atoms with E-state index in [4.69, 9.17) is 0 Å². The number of benzene rings is 1. The number of aromatic nitrogens is 2. The SMILES string of the molecule is Cc1nn(C)c(C)c1C(=O)NC[C@@](C)(O)c1cc2ccccc2s1. The van der Waals surface area contributed by atoms with Gasteiger partial charge in [-0.3, -0.25) is 9.48 Å². The van der Waals surface area contributed by atoms with E-state index < -0.39 is 5.60 Å². The number of nitrogens with zero attached hydrogens (tertiary/aromatic N) is 2. The Balaban J connectivity index is 1.78. The molecule has 1 amide bonds. The Morgan fingerprint density at radius 2 is 2.08 bits per heavy atom. The summed E-state index contributed by atoms with van der Waals surface area (Å²) in [4.78, 5) is 13.3. The Hall–Kier alpha value is -2.18. The number of hydrogen-bond donors (Lipinski definition) is 2. The molecule has 0 aliphatic heterocycles. The molecular formula is C18H21N3O2S. The Bertz CT molecular complexity index is 875. The molecule has 0 spiro atoms. The number of rotatable bonds is 4. The summed E-state index contributed by atoms with van der Waals surface area (Å²) >= 11 is 1.54. The molecule has 2 N–H and O–H groups in total. The normalized spacial score (nSPS) is 13.9. The minimum Gasteiger partial charge on any atom is -0.383 e. The van der Waals surface area contributed by atoms with E-state index in [9.17, 15) is 9.90 Å². The molecular weight excluding hydrogens is 322 g/mol. The van der Waals surface area contributed by atoms with Crippen LogP contribution in [0.1, 0.15) is 33.5 Å². The number of thiophene rings is 1. The molecule has 0 fully saturated rings. The van der Waals surface area contributed by atoms with Crippen LogP contribution in [0.3, 0.4) is 0 Å². The summed E-state index contributed by atoms with van der Waals surface area (Å²) in [6, 6.07) is 9.98. The third-order valence-electron chi connectivity index (χ3n) is 4.29. The number of carbonyl (C=O) groups is 1. The van der Waals surface area contributed by atoms with Crippen LogP contribution in [0.5, 0.6) is 0 Å². The summed E-state index contributed by atoms with van der Waals surface area (Å²) in [6.45, 7) is 5.54. The molecule has 0 bridgehead atoms. The van der Waals surface area contributed by atoms with Crippen LogP contribution >= 0.6 is 11.3 Å². The highest BCUT2D eigenvalue weighted by Gasteiger charge is 2.27. The molecule has 0 radical (unpaired) electrons. The first-order valence-corrected chi connectivity index (χ1v) is 8.61. The molecule has 24 heavy (non-hydrogen) atoms. The molecule has 0 saturated carbocycles. The number of nitrogens with one attached hydrogen (secondary N) is 1. The highest BCUT2D eigenvalue weighted by Crippen LogP contribution is 2.32. The second-order valence-corrected chi connectivity index (χ2v) is 7.36. The van der Waals surface area contributed by atoms with Gasteiger partial charge in [0, 0.05) is 22.3 Å². The highest BCUT2D eigenvalue weighted by atomic mass is 32.1. The molecule has 1 atom stereocenters. The molecule has 2 heterocycles. The maximum absolute atomic E-state index is 12.5. The van der Waals surface area contributed by atoms with Crippen molar-refractivity contribution >= 4 is 27.3 Å². The molecule has 1 aromatic carbocycles. The van der Waals surface area contributed by atoms with Gasteiger partial charge in [0.2, 0.25) is 0 Å². The monoisotopic (exact) mass is 343 g/mol. The average Bonchev–Trinajstić information content (AvgIpc) is 3.07. The number of fused-ring (bicyclic) bond motifs is 1. The lowest BCUT2D eigenvalue weighted by atomic mass is 10.0. The molecule has 3 aromatic rings. The van der Waals surface area contributed by atoms with Crippen molar-refractivity contribution in [2.45, 2.75) is 26.4 Å². The predicted molar refractivity (Wildman–Crippen MR) is 96.4 cm³/mol. The van der Waals surface area contributed by atoms with Crippen molar-refractivity contribution in [1.82, 2.24) is 15.1 Å². The number of aryl methyl sites for hydroxylation is 2. The molecule has 0 unspecified atom stereocenters. The summed E-state index contributed by atoms with van der Waals surface area (Å²) in [5.74, 6) is -0.209. The third-order valence-corrected chi connectivity index (χ3v) is 5.65. The molecule has 2 aromatic heterocycles. The standard InChI is InChI=1S/C18H21N3O2S/c1-11-16(12(2)21(4)20-11)17(22)19-10-18(3,23)15-9-13-7-5-6-8-14(13)24-15/h5-9,23H,10H2,1-4H3,(H,19,22)/t18-/m1/s1. The van der Waals surface area contributed by atoms with Crippen molar-refractivity contribution in [3.05, 3.63) is 52.2 Å². The van der Waals surface area contributed by atoms with Crippen molar-refractivity contribution < 1.29 is 9.90 Å². The van der Waals surface area contributed by atoms with Crippen molar-refractivity contribution in [3.63, 3.8) is 0 Å². The molecule has 0 aliphatic carbocycles. The lowest BCUT2D eigenvalue weighted by Crippen LogP contribution is -2.38. The van der Waals surface area contributed by atoms with Gasteiger partial charge in [0.05, 0.1) is 17.8 Å². The quantitative estimate of drug-likeness (QED) is 0.765. The number of amides is 1. The first kappa shape index (κ1) is 16.7. The second-order valence-electron chi connectivity index (χ2n) is 6.27. The van der Waals surface area contributed by atoms with E-state index in [2.05, 4.69) is 10.4 Å². The van der Waals surface area contributed by atoms with Gasteiger partial charge in [-0.25, -0.2) is 0 Å². The minimum absolute atomic E-state index is 0.145. The van der Waals surface area contributed by atoms with Gasteiger partial charge in [-0.05, 0) is 38.3 Å². The zero-order chi connectivity index (χ0) is 17.5. The van der Waals surface area contributed by atoms with Crippen LogP contribution in [-0.2, 0) is 12.6 Å². The van der Waals surface area contributed by atoms with Gasteiger partial charge in [-0.1, -0.05) is 18.2 Å². The number of carbonyl (C=O) groups excluding carboxylic acids is 1.